The lowest BCUT2D eigenvalue weighted by Gasteiger charge is -2.20. The van der Waals surface area contributed by atoms with Gasteiger partial charge in [-0.05, 0) is 30.2 Å². The van der Waals surface area contributed by atoms with Crippen molar-refractivity contribution in [2.45, 2.75) is 17.6 Å². The maximum absolute atomic E-state index is 6.30. The zero-order valence-electron chi connectivity index (χ0n) is 12.4. The molecular weight excluding hydrogens is 373 g/mol. The molecule has 2 heterocycles. The van der Waals surface area contributed by atoms with Crippen molar-refractivity contribution in [3.8, 4) is 0 Å². The third-order valence-electron chi connectivity index (χ3n) is 3.43. The molecule has 0 spiro atoms. The summed E-state index contributed by atoms with van der Waals surface area (Å²) in [5.74, 6) is 1.87. The predicted octanol–water partition coefficient (Wildman–Crippen LogP) is 3.27. The van der Waals surface area contributed by atoms with E-state index in [9.17, 15) is 0 Å². The first kappa shape index (κ1) is 17.0. The van der Waals surface area contributed by atoms with Crippen molar-refractivity contribution in [1.82, 2.24) is 14.9 Å². The summed E-state index contributed by atoms with van der Waals surface area (Å²) in [5.41, 5.74) is 9.32. The summed E-state index contributed by atoms with van der Waals surface area (Å²) < 4.78 is 1.89. The van der Waals surface area contributed by atoms with Crippen LogP contribution in [0.5, 0.6) is 0 Å². The standard InChI is InChI=1S/C14H15Cl2N5S2/c1-22-5-4-11(17)13-18-19-14-21(13)20-12(7-23-14)9-3-2-8(15)6-10(9)16/h2-3,6-7,11,20H,4-5,17H2,1H3/p+1/t11-/m0/s1. The third kappa shape index (κ3) is 3.64. The summed E-state index contributed by atoms with van der Waals surface area (Å²) in [6.45, 7) is 0. The van der Waals surface area contributed by atoms with Crippen molar-refractivity contribution >= 4 is 52.4 Å². The van der Waals surface area contributed by atoms with E-state index in [2.05, 4.69) is 27.6 Å². The van der Waals surface area contributed by atoms with Gasteiger partial charge >= 0.3 is 0 Å². The van der Waals surface area contributed by atoms with Crippen LogP contribution >= 0.6 is 46.7 Å². The molecule has 0 fully saturated rings. The van der Waals surface area contributed by atoms with Gasteiger partial charge in [-0.1, -0.05) is 35.0 Å². The van der Waals surface area contributed by atoms with E-state index >= 15 is 0 Å². The van der Waals surface area contributed by atoms with Crippen LogP contribution in [0.4, 0.5) is 0 Å². The second-order valence-corrected chi connectivity index (χ2v) is 7.71. The number of benzene rings is 1. The minimum atomic E-state index is 0.0804. The molecule has 23 heavy (non-hydrogen) atoms. The third-order valence-corrected chi connectivity index (χ3v) is 5.45. The first-order chi connectivity index (χ1) is 11.1. The van der Waals surface area contributed by atoms with E-state index in [0.717, 1.165) is 34.4 Å². The number of nitrogens with zero attached hydrogens (tertiary/aromatic N) is 3. The van der Waals surface area contributed by atoms with Crippen molar-refractivity contribution in [2.24, 2.45) is 0 Å². The SMILES string of the molecule is CSCC[C@H]([NH3+])c1nnc2n1NC(c1ccc(Cl)cc1Cl)=CS2. The topological polar surface area (TPSA) is 70.4 Å². The van der Waals surface area contributed by atoms with E-state index in [1.54, 1.807) is 17.8 Å². The van der Waals surface area contributed by atoms with E-state index in [1.165, 1.54) is 11.8 Å². The molecule has 0 amide bonds. The molecule has 0 saturated carbocycles. The van der Waals surface area contributed by atoms with Crippen molar-refractivity contribution < 1.29 is 5.73 Å². The molecule has 5 nitrogen and oxygen atoms in total. The number of hydrogen-bond donors (Lipinski definition) is 2. The highest BCUT2D eigenvalue weighted by Gasteiger charge is 2.24. The van der Waals surface area contributed by atoms with Gasteiger partial charge in [0.15, 0.2) is 0 Å². The molecule has 0 unspecified atom stereocenters. The summed E-state index contributed by atoms with van der Waals surface area (Å²) >= 11 is 15.6. The van der Waals surface area contributed by atoms with E-state index in [4.69, 9.17) is 23.2 Å². The average Bonchev–Trinajstić information content (AvgIpc) is 2.95. The summed E-state index contributed by atoms with van der Waals surface area (Å²) in [5, 5.41) is 12.5. The van der Waals surface area contributed by atoms with E-state index in [1.807, 2.05) is 22.2 Å². The van der Waals surface area contributed by atoms with Crippen LogP contribution in [0.3, 0.4) is 0 Å². The number of rotatable bonds is 5. The van der Waals surface area contributed by atoms with Gasteiger partial charge in [-0.2, -0.15) is 11.8 Å². The second kappa shape index (κ2) is 7.36. The highest BCUT2D eigenvalue weighted by atomic mass is 35.5. The van der Waals surface area contributed by atoms with Gasteiger partial charge in [-0.3, -0.25) is 5.43 Å². The quantitative estimate of drug-likeness (QED) is 0.822. The first-order valence-corrected chi connectivity index (χ1v) is 9.99. The lowest BCUT2D eigenvalue weighted by atomic mass is 10.2. The molecule has 122 valence electrons. The van der Waals surface area contributed by atoms with Crippen LogP contribution in [0.25, 0.3) is 5.70 Å². The van der Waals surface area contributed by atoms with Crippen molar-refractivity contribution in [2.75, 3.05) is 17.4 Å². The molecule has 1 aromatic heterocycles. The molecule has 1 aliphatic heterocycles. The highest BCUT2D eigenvalue weighted by Crippen LogP contribution is 2.33. The fourth-order valence-corrected chi connectivity index (χ4v) is 3.97. The Labute approximate surface area is 153 Å². The normalized spacial score (nSPS) is 14.9. The largest absolute Gasteiger partial charge is 0.349 e. The van der Waals surface area contributed by atoms with E-state index < -0.39 is 0 Å². The zero-order chi connectivity index (χ0) is 16.4. The number of hydrogen-bond acceptors (Lipinski definition) is 5. The van der Waals surface area contributed by atoms with Gasteiger partial charge in [0.2, 0.25) is 11.0 Å². The summed E-state index contributed by atoms with van der Waals surface area (Å²) in [6.07, 6.45) is 3.04. The molecular formula is C14H16Cl2N5S2+. The summed E-state index contributed by atoms with van der Waals surface area (Å²) in [7, 11) is 0. The number of thioether (sulfide) groups is 2. The minimum Gasteiger partial charge on any atom is -0.349 e. The fourth-order valence-electron chi connectivity index (χ4n) is 2.21. The van der Waals surface area contributed by atoms with Gasteiger partial charge < -0.3 is 5.73 Å². The molecule has 1 atom stereocenters. The lowest BCUT2D eigenvalue weighted by molar-refractivity contribution is -0.429. The Bertz CT molecular complexity index is 747. The molecule has 1 aromatic carbocycles. The Balaban J connectivity index is 1.86. The fraction of sp³-hybridized carbons (Fsp3) is 0.286. The number of aromatic nitrogens is 3. The molecule has 3 rings (SSSR count). The highest BCUT2D eigenvalue weighted by molar-refractivity contribution is 8.02. The van der Waals surface area contributed by atoms with Crippen LogP contribution in [-0.4, -0.2) is 26.9 Å². The van der Waals surface area contributed by atoms with E-state index in [0.29, 0.717) is 10.0 Å². The van der Waals surface area contributed by atoms with Crippen molar-refractivity contribution in [3.63, 3.8) is 0 Å². The number of nitrogens with one attached hydrogen (secondary N) is 1. The number of fused-ring (bicyclic) bond motifs is 1. The maximum atomic E-state index is 6.30. The predicted molar refractivity (Wildman–Crippen MR) is 98.3 cm³/mol. The molecule has 0 bridgehead atoms. The van der Waals surface area contributed by atoms with Crippen LogP contribution < -0.4 is 11.2 Å². The number of halogens is 2. The molecule has 1 aliphatic rings. The smallest absolute Gasteiger partial charge is 0.214 e. The summed E-state index contributed by atoms with van der Waals surface area (Å²) in [6, 6.07) is 5.53. The monoisotopic (exact) mass is 388 g/mol. The minimum absolute atomic E-state index is 0.0804. The van der Waals surface area contributed by atoms with Gasteiger partial charge in [0.1, 0.15) is 6.04 Å². The maximum Gasteiger partial charge on any atom is 0.214 e. The van der Waals surface area contributed by atoms with E-state index in [-0.39, 0.29) is 6.04 Å². The Morgan fingerprint density at radius 3 is 2.96 bits per heavy atom. The van der Waals surface area contributed by atoms with Gasteiger partial charge in [0.05, 0.1) is 10.7 Å². The van der Waals surface area contributed by atoms with Crippen LogP contribution in [-0.2, 0) is 0 Å². The molecule has 0 aliphatic carbocycles. The Hall–Kier alpha value is -0.860. The van der Waals surface area contributed by atoms with Crippen LogP contribution in [0.1, 0.15) is 23.9 Å². The van der Waals surface area contributed by atoms with Crippen molar-refractivity contribution in [1.29, 1.82) is 0 Å². The van der Waals surface area contributed by atoms with Crippen LogP contribution in [0, 0.1) is 0 Å². The lowest BCUT2D eigenvalue weighted by Crippen LogP contribution is -2.55. The van der Waals surface area contributed by atoms with Gasteiger partial charge in [-0.25, -0.2) is 4.68 Å². The first-order valence-electron chi connectivity index (χ1n) is 6.96. The van der Waals surface area contributed by atoms with Crippen molar-refractivity contribution in [3.05, 3.63) is 45.0 Å². The summed E-state index contributed by atoms with van der Waals surface area (Å²) in [4.78, 5) is 0. The Morgan fingerprint density at radius 2 is 2.22 bits per heavy atom. The molecule has 0 radical (unpaired) electrons. The van der Waals surface area contributed by atoms with Crippen LogP contribution in [0.15, 0.2) is 28.8 Å². The van der Waals surface area contributed by atoms with Gasteiger partial charge in [-0.15, -0.1) is 10.2 Å². The number of quaternary nitrogens is 1. The molecule has 2 aromatic rings. The van der Waals surface area contributed by atoms with Gasteiger partial charge in [0, 0.05) is 22.4 Å². The second-order valence-electron chi connectivity index (χ2n) is 5.04. The van der Waals surface area contributed by atoms with Gasteiger partial charge in [0.25, 0.3) is 0 Å². The molecule has 0 saturated heterocycles. The molecule has 4 N–H and O–H groups in total. The Morgan fingerprint density at radius 1 is 1.39 bits per heavy atom. The average molecular weight is 389 g/mol. The molecule has 9 heteroatoms. The zero-order valence-corrected chi connectivity index (χ0v) is 15.6. The van der Waals surface area contributed by atoms with Crippen LogP contribution in [0.2, 0.25) is 10.0 Å². The Kier molecular flexibility index (Phi) is 5.43.